The fourth-order valence-corrected chi connectivity index (χ4v) is 2.31. The van der Waals surface area contributed by atoms with Gasteiger partial charge in [-0.25, -0.2) is 19.0 Å². The van der Waals surface area contributed by atoms with Crippen molar-refractivity contribution in [1.82, 2.24) is 20.3 Å². The minimum absolute atomic E-state index is 0.267. The minimum Gasteiger partial charge on any atom is -0.240 e. The van der Waals surface area contributed by atoms with Crippen LogP contribution in [-0.2, 0) is 0 Å². The Morgan fingerprint density at radius 1 is 0.818 bits per heavy atom. The molecule has 0 radical (unpaired) electrons. The third-order valence-electron chi connectivity index (χ3n) is 3.35. The van der Waals surface area contributed by atoms with Crippen LogP contribution >= 0.6 is 0 Å². The van der Waals surface area contributed by atoms with Crippen molar-refractivity contribution in [1.29, 1.82) is 0 Å². The Bertz CT molecular complexity index is 950. The summed E-state index contributed by atoms with van der Waals surface area (Å²) in [7, 11) is 0. The second-order valence-electron chi connectivity index (χ2n) is 4.72. The Hall–Kier alpha value is -3.15. The van der Waals surface area contributed by atoms with Gasteiger partial charge in [0.1, 0.15) is 5.82 Å². The zero-order valence-electron chi connectivity index (χ0n) is 11.3. The van der Waals surface area contributed by atoms with Gasteiger partial charge in [0.2, 0.25) is 11.3 Å². The number of hydrogen-bond acceptors (Lipinski definition) is 5. The van der Waals surface area contributed by atoms with Gasteiger partial charge in [-0.2, -0.15) is 0 Å². The van der Waals surface area contributed by atoms with Gasteiger partial charge in [-0.05, 0) is 33.6 Å². The van der Waals surface area contributed by atoms with E-state index in [0.717, 1.165) is 16.7 Å². The maximum atomic E-state index is 13.1. The number of rotatable bonds is 2. The molecule has 0 fully saturated rings. The van der Waals surface area contributed by atoms with Crippen LogP contribution in [0.1, 0.15) is 0 Å². The predicted molar refractivity (Wildman–Crippen MR) is 78.2 cm³/mol. The first-order chi connectivity index (χ1) is 10.8. The summed E-state index contributed by atoms with van der Waals surface area (Å²) < 4.78 is 17.7. The highest BCUT2D eigenvalue weighted by Crippen LogP contribution is 2.31. The molecule has 2 heterocycles. The van der Waals surface area contributed by atoms with Crippen LogP contribution in [0, 0.1) is 5.82 Å². The van der Waals surface area contributed by atoms with Crippen molar-refractivity contribution in [2.24, 2.45) is 0 Å². The number of fused-ring (bicyclic) bond motifs is 1. The van der Waals surface area contributed by atoms with E-state index >= 15 is 0 Å². The molecule has 2 aromatic heterocycles. The maximum absolute atomic E-state index is 13.1. The number of benzene rings is 2. The molecule has 0 aliphatic carbocycles. The molecule has 0 amide bonds. The second kappa shape index (κ2) is 5.00. The van der Waals surface area contributed by atoms with Crippen LogP contribution in [0.5, 0.6) is 0 Å². The Balaban J connectivity index is 1.89. The average molecular weight is 292 g/mol. The van der Waals surface area contributed by atoms with Crippen LogP contribution in [0.3, 0.4) is 0 Å². The highest BCUT2D eigenvalue weighted by Gasteiger charge is 2.11. The molecule has 0 bridgehead atoms. The number of hydrogen-bond donors (Lipinski definition) is 0. The zero-order valence-corrected chi connectivity index (χ0v) is 11.3. The molecule has 0 spiro atoms. The Labute approximate surface area is 124 Å². The average Bonchev–Trinajstić information content (AvgIpc) is 3.03. The Morgan fingerprint density at radius 2 is 1.55 bits per heavy atom. The van der Waals surface area contributed by atoms with Gasteiger partial charge in [0.05, 0.1) is 11.9 Å². The van der Waals surface area contributed by atoms with Crippen molar-refractivity contribution in [3.8, 4) is 22.4 Å². The molecule has 106 valence electrons. The van der Waals surface area contributed by atoms with E-state index in [9.17, 15) is 4.39 Å². The third-order valence-corrected chi connectivity index (χ3v) is 3.35. The van der Waals surface area contributed by atoms with E-state index in [4.69, 9.17) is 0 Å². The lowest BCUT2D eigenvalue weighted by Gasteiger charge is -2.08. The predicted octanol–water partition coefficient (Wildman–Crippen LogP) is 3.49. The molecule has 2 aromatic carbocycles. The summed E-state index contributed by atoms with van der Waals surface area (Å²) in [5.74, 6) is -0.267. The van der Waals surface area contributed by atoms with Crippen LogP contribution in [0.2, 0.25) is 0 Å². The fraction of sp³-hybridized carbons (Fsp3) is 0. The van der Waals surface area contributed by atoms with E-state index in [1.807, 2.05) is 24.3 Å². The minimum atomic E-state index is -0.267. The quantitative estimate of drug-likeness (QED) is 0.566. The van der Waals surface area contributed by atoms with Crippen molar-refractivity contribution in [2.75, 3.05) is 0 Å². The van der Waals surface area contributed by atoms with E-state index in [1.165, 1.54) is 12.1 Å². The van der Waals surface area contributed by atoms with Crippen LogP contribution < -0.4 is 0 Å². The van der Waals surface area contributed by atoms with Gasteiger partial charge in [0, 0.05) is 5.56 Å². The molecule has 4 aromatic rings. The van der Waals surface area contributed by atoms with E-state index < -0.39 is 0 Å². The highest BCUT2D eigenvalue weighted by molar-refractivity contribution is 5.83. The van der Waals surface area contributed by atoms with Crippen molar-refractivity contribution in [2.45, 2.75) is 0 Å². The summed E-state index contributed by atoms with van der Waals surface area (Å²) in [6, 6.07) is 14.1. The normalized spacial score (nSPS) is 11.0. The summed E-state index contributed by atoms with van der Waals surface area (Å²) >= 11 is 0. The molecular formula is C16H9FN4O. The molecule has 5 nitrogen and oxygen atoms in total. The van der Waals surface area contributed by atoms with E-state index in [-0.39, 0.29) is 5.82 Å². The maximum Gasteiger partial charge on any atom is 0.243 e. The molecule has 0 saturated heterocycles. The summed E-state index contributed by atoms with van der Waals surface area (Å²) in [5, 5.41) is 7.35. The van der Waals surface area contributed by atoms with E-state index in [2.05, 4.69) is 24.9 Å². The van der Waals surface area contributed by atoms with Crippen LogP contribution in [-0.4, -0.2) is 20.3 Å². The first-order valence-electron chi connectivity index (χ1n) is 6.62. The van der Waals surface area contributed by atoms with Gasteiger partial charge >= 0.3 is 0 Å². The molecule has 0 unspecified atom stereocenters. The molecule has 0 atom stereocenters. The standard InChI is InChI=1S/C16H9FN4O/c17-11-7-5-10(6-8-11)12-3-1-2-4-13(12)14-9-18-15-16(19-14)21-22-20-15/h1-9H. The highest BCUT2D eigenvalue weighted by atomic mass is 19.1. The van der Waals surface area contributed by atoms with Gasteiger partial charge in [0.15, 0.2) is 0 Å². The number of nitrogens with zero attached hydrogens (tertiary/aromatic N) is 4. The molecule has 0 saturated carbocycles. The summed E-state index contributed by atoms with van der Waals surface area (Å²) in [6.45, 7) is 0. The SMILES string of the molecule is Fc1ccc(-c2ccccc2-c2cnc3nonc3n2)cc1. The van der Waals surface area contributed by atoms with Crippen LogP contribution in [0.25, 0.3) is 33.7 Å². The van der Waals surface area contributed by atoms with Gasteiger partial charge in [-0.1, -0.05) is 36.4 Å². The number of aromatic nitrogens is 4. The topological polar surface area (TPSA) is 64.7 Å². The largest absolute Gasteiger partial charge is 0.243 e. The zero-order chi connectivity index (χ0) is 14.9. The van der Waals surface area contributed by atoms with Gasteiger partial charge < -0.3 is 0 Å². The van der Waals surface area contributed by atoms with Gasteiger partial charge in [0.25, 0.3) is 0 Å². The summed E-state index contributed by atoms with van der Waals surface area (Å²) in [6.07, 6.45) is 1.62. The first kappa shape index (κ1) is 12.6. The van der Waals surface area contributed by atoms with Crippen molar-refractivity contribution >= 4 is 11.3 Å². The lowest BCUT2D eigenvalue weighted by molar-refractivity contribution is 0.314. The van der Waals surface area contributed by atoms with Crippen molar-refractivity contribution < 1.29 is 9.02 Å². The molecular weight excluding hydrogens is 283 g/mol. The van der Waals surface area contributed by atoms with Crippen molar-refractivity contribution in [3.63, 3.8) is 0 Å². The van der Waals surface area contributed by atoms with Gasteiger partial charge in [-0.15, -0.1) is 0 Å². The molecule has 0 aliphatic heterocycles. The first-order valence-corrected chi connectivity index (χ1v) is 6.62. The monoisotopic (exact) mass is 292 g/mol. The lowest BCUT2D eigenvalue weighted by atomic mass is 9.98. The third kappa shape index (κ3) is 2.10. The molecule has 4 rings (SSSR count). The van der Waals surface area contributed by atoms with Gasteiger partial charge in [-0.3, -0.25) is 0 Å². The van der Waals surface area contributed by atoms with E-state index in [0.29, 0.717) is 17.0 Å². The Kier molecular flexibility index (Phi) is 2.86. The molecule has 6 heteroatoms. The Morgan fingerprint density at radius 3 is 2.36 bits per heavy atom. The van der Waals surface area contributed by atoms with E-state index in [1.54, 1.807) is 18.3 Å². The summed E-state index contributed by atoms with van der Waals surface area (Å²) in [5.41, 5.74) is 4.09. The molecule has 0 aliphatic rings. The smallest absolute Gasteiger partial charge is 0.240 e. The van der Waals surface area contributed by atoms with Crippen LogP contribution in [0.4, 0.5) is 4.39 Å². The molecule has 22 heavy (non-hydrogen) atoms. The molecule has 0 N–H and O–H groups in total. The second-order valence-corrected chi connectivity index (χ2v) is 4.72. The van der Waals surface area contributed by atoms with Crippen molar-refractivity contribution in [3.05, 3.63) is 60.5 Å². The summed E-state index contributed by atoms with van der Waals surface area (Å²) in [4.78, 5) is 8.58. The lowest BCUT2D eigenvalue weighted by Crippen LogP contribution is -1.91. The number of halogens is 1. The fourth-order valence-electron chi connectivity index (χ4n) is 2.31. The van der Waals surface area contributed by atoms with Crippen LogP contribution in [0.15, 0.2) is 59.4 Å².